The minimum absolute atomic E-state index is 0.211. The first-order chi connectivity index (χ1) is 10.4. The number of Topliss-reactive ketones (excluding diaryl/α,β-unsaturated/α-hetero) is 1. The molecule has 132 valence electrons. The Balaban J connectivity index is 3.37. The SMILES string of the molecule is CCCCCCCCCCCCCC(=O)C(C)C[N+](C)(C)C. The van der Waals surface area contributed by atoms with E-state index in [0.29, 0.717) is 5.78 Å². The lowest BCUT2D eigenvalue weighted by Gasteiger charge is -2.26. The summed E-state index contributed by atoms with van der Waals surface area (Å²) >= 11 is 0. The fraction of sp³-hybridized carbons (Fsp3) is 0.950. The monoisotopic (exact) mass is 312 g/mol. The van der Waals surface area contributed by atoms with E-state index < -0.39 is 0 Å². The van der Waals surface area contributed by atoms with Gasteiger partial charge in [0.15, 0.2) is 0 Å². The van der Waals surface area contributed by atoms with E-state index in [1.807, 2.05) is 0 Å². The molecule has 0 radical (unpaired) electrons. The van der Waals surface area contributed by atoms with Crippen molar-refractivity contribution in [3.63, 3.8) is 0 Å². The predicted octanol–water partition coefficient (Wildman–Crippen LogP) is 5.60. The van der Waals surface area contributed by atoms with Gasteiger partial charge >= 0.3 is 0 Å². The number of nitrogens with zero attached hydrogens (tertiary/aromatic N) is 1. The zero-order valence-electron chi connectivity index (χ0n) is 16.1. The lowest BCUT2D eigenvalue weighted by molar-refractivity contribution is -0.872. The average Bonchev–Trinajstić information content (AvgIpc) is 2.42. The first kappa shape index (κ1) is 21.6. The lowest BCUT2D eigenvalue weighted by Crippen LogP contribution is -2.40. The molecule has 0 aliphatic heterocycles. The van der Waals surface area contributed by atoms with Crippen molar-refractivity contribution in [1.82, 2.24) is 0 Å². The van der Waals surface area contributed by atoms with Crippen LogP contribution in [-0.4, -0.2) is 38.0 Å². The molecule has 0 saturated heterocycles. The van der Waals surface area contributed by atoms with Crippen LogP contribution in [0.1, 0.15) is 90.9 Å². The molecule has 0 spiro atoms. The van der Waals surface area contributed by atoms with Crippen LogP contribution in [0.2, 0.25) is 0 Å². The number of ketones is 1. The normalized spacial score (nSPS) is 13.3. The molecular formula is C20H42NO+. The Kier molecular flexibility index (Phi) is 12.9. The number of quaternary nitrogens is 1. The van der Waals surface area contributed by atoms with Crippen LogP contribution in [0.15, 0.2) is 0 Å². The molecule has 1 atom stereocenters. The summed E-state index contributed by atoms with van der Waals surface area (Å²) in [5.41, 5.74) is 0. The van der Waals surface area contributed by atoms with Gasteiger partial charge in [0.2, 0.25) is 0 Å². The smallest absolute Gasteiger partial charge is 0.141 e. The van der Waals surface area contributed by atoms with E-state index in [1.54, 1.807) is 0 Å². The summed E-state index contributed by atoms with van der Waals surface area (Å²) in [6.45, 7) is 5.31. The summed E-state index contributed by atoms with van der Waals surface area (Å²) in [4.78, 5) is 12.1. The third-order valence-corrected chi connectivity index (χ3v) is 4.40. The largest absolute Gasteiger partial charge is 0.330 e. The molecule has 0 amide bonds. The Morgan fingerprint density at radius 1 is 0.773 bits per heavy atom. The summed E-state index contributed by atoms with van der Waals surface area (Å²) < 4.78 is 0.880. The molecule has 0 aliphatic rings. The Labute approximate surface area is 140 Å². The van der Waals surface area contributed by atoms with E-state index in [4.69, 9.17) is 0 Å². The van der Waals surface area contributed by atoms with Crippen LogP contribution in [0.25, 0.3) is 0 Å². The number of rotatable bonds is 15. The molecular weight excluding hydrogens is 270 g/mol. The van der Waals surface area contributed by atoms with Crippen molar-refractivity contribution in [2.75, 3.05) is 27.7 Å². The van der Waals surface area contributed by atoms with E-state index in [1.165, 1.54) is 64.2 Å². The molecule has 0 heterocycles. The number of hydrogen-bond donors (Lipinski definition) is 0. The van der Waals surface area contributed by atoms with Crippen LogP contribution in [0.4, 0.5) is 0 Å². The van der Waals surface area contributed by atoms with Crippen LogP contribution in [0.5, 0.6) is 0 Å². The minimum atomic E-state index is 0.211. The fourth-order valence-electron chi connectivity index (χ4n) is 3.13. The maximum absolute atomic E-state index is 12.1. The zero-order valence-corrected chi connectivity index (χ0v) is 16.1. The second-order valence-corrected chi connectivity index (χ2v) is 8.13. The van der Waals surface area contributed by atoms with Crippen molar-refractivity contribution in [3.8, 4) is 0 Å². The van der Waals surface area contributed by atoms with Crippen molar-refractivity contribution in [1.29, 1.82) is 0 Å². The molecule has 0 aromatic heterocycles. The second kappa shape index (κ2) is 13.1. The molecule has 0 saturated carbocycles. The number of hydrogen-bond acceptors (Lipinski definition) is 1. The van der Waals surface area contributed by atoms with Crippen LogP contribution in [0, 0.1) is 5.92 Å². The van der Waals surface area contributed by atoms with Crippen LogP contribution in [0.3, 0.4) is 0 Å². The van der Waals surface area contributed by atoms with Crippen LogP contribution < -0.4 is 0 Å². The van der Waals surface area contributed by atoms with Gasteiger partial charge < -0.3 is 4.48 Å². The number of carbonyl (C=O) groups excluding carboxylic acids is 1. The van der Waals surface area contributed by atoms with E-state index in [-0.39, 0.29) is 5.92 Å². The summed E-state index contributed by atoms with van der Waals surface area (Å²) in [5.74, 6) is 0.673. The molecule has 2 heteroatoms. The molecule has 0 aliphatic carbocycles. The third-order valence-electron chi connectivity index (χ3n) is 4.40. The van der Waals surface area contributed by atoms with Gasteiger partial charge in [-0.05, 0) is 6.42 Å². The topological polar surface area (TPSA) is 17.1 Å². The molecule has 22 heavy (non-hydrogen) atoms. The summed E-state index contributed by atoms with van der Waals surface area (Å²) in [7, 11) is 6.48. The second-order valence-electron chi connectivity index (χ2n) is 8.13. The van der Waals surface area contributed by atoms with Gasteiger partial charge in [-0.2, -0.15) is 0 Å². The lowest BCUT2D eigenvalue weighted by atomic mass is 9.99. The molecule has 0 N–H and O–H groups in total. The quantitative estimate of drug-likeness (QED) is 0.284. The van der Waals surface area contributed by atoms with E-state index in [9.17, 15) is 4.79 Å². The molecule has 0 fully saturated rings. The first-order valence-corrected chi connectivity index (χ1v) is 9.70. The highest BCUT2D eigenvalue weighted by atomic mass is 16.1. The van der Waals surface area contributed by atoms with Gasteiger partial charge in [0.1, 0.15) is 5.78 Å². The van der Waals surface area contributed by atoms with Gasteiger partial charge in [-0.1, -0.05) is 78.1 Å². The highest BCUT2D eigenvalue weighted by molar-refractivity contribution is 5.80. The molecule has 0 aromatic carbocycles. The predicted molar refractivity (Wildman–Crippen MR) is 98.1 cm³/mol. The molecule has 0 rings (SSSR count). The van der Waals surface area contributed by atoms with Crippen molar-refractivity contribution in [2.45, 2.75) is 90.9 Å². The molecule has 0 aromatic rings. The number of carbonyl (C=O) groups is 1. The Hall–Kier alpha value is -0.370. The van der Waals surface area contributed by atoms with Crippen molar-refractivity contribution in [2.24, 2.45) is 5.92 Å². The first-order valence-electron chi connectivity index (χ1n) is 9.70. The summed E-state index contributed by atoms with van der Waals surface area (Å²) in [5, 5.41) is 0. The van der Waals surface area contributed by atoms with Gasteiger partial charge in [-0.25, -0.2) is 0 Å². The Morgan fingerprint density at radius 3 is 1.59 bits per heavy atom. The van der Waals surface area contributed by atoms with Gasteiger partial charge in [-0.3, -0.25) is 4.79 Å². The highest BCUT2D eigenvalue weighted by Crippen LogP contribution is 2.13. The van der Waals surface area contributed by atoms with E-state index in [2.05, 4.69) is 35.0 Å². The van der Waals surface area contributed by atoms with E-state index >= 15 is 0 Å². The maximum Gasteiger partial charge on any atom is 0.141 e. The number of unbranched alkanes of at least 4 members (excludes halogenated alkanes) is 10. The average molecular weight is 313 g/mol. The van der Waals surface area contributed by atoms with Gasteiger partial charge in [0.25, 0.3) is 0 Å². The van der Waals surface area contributed by atoms with E-state index in [0.717, 1.165) is 23.9 Å². The summed E-state index contributed by atoms with van der Waals surface area (Å²) in [6, 6.07) is 0. The van der Waals surface area contributed by atoms with Crippen molar-refractivity contribution in [3.05, 3.63) is 0 Å². The third kappa shape index (κ3) is 14.6. The van der Waals surface area contributed by atoms with Crippen molar-refractivity contribution < 1.29 is 9.28 Å². The minimum Gasteiger partial charge on any atom is -0.330 e. The maximum atomic E-state index is 12.1. The van der Waals surface area contributed by atoms with Crippen LogP contribution in [-0.2, 0) is 4.79 Å². The molecule has 1 unspecified atom stereocenters. The van der Waals surface area contributed by atoms with Gasteiger partial charge in [0.05, 0.1) is 33.6 Å². The molecule has 2 nitrogen and oxygen atoms in total. The summed E-state index contributed by atoms with van der Waals surface area (Å²) in [6.07, 6.45) is 15.6. The van der Waals surface area contributed by atoms with Crippen molar-refractivity contribution >= 4 is 5.78 Å². The van der Waals surface area contributed by atoms with Gasteiger partial charge in [-0.15, -0.1) is 0 Å². The fourth-order valence-corrected chi connectivity index (χ4v) is 3.13. The molecule has 0 bridgehead atoms. The van der Waals surface area contributed by atoms with Crippen LogP contribution >= 0.6 is 0 Å². The van der Waals surface area contributed by atoms with Gasteiger partial charge in [0, 0.05) is 6.42 Å². The highest BCUT2D eigenvalue weighted by Gasteiger charge is 2.19. The Bertz CT molecular complexity index is 267. The standard InChI is InChI=1S/C20H42NO/c1-6-7-8-9-10-11-12-13-14-15-16-17-20(22)19(2)18-21(3,4)5/h19H,6-18H2,1-5H3/q+1. The Morgan fingerprint density at radius 2 is 1.18 bits per heavy atom. The zero-order chi connectivity index (χ0) is 16.8.